The Labute approximate surface area is 134 Å². The lowest BCUT2D eigenvalue weighted by molar-refractivity contribution is 0.0206. The van der Waals surface area contributed by atoms with E-state index in [1.54, 1.807) is 4.90 Å². The molecule has 2 rings (SSSR count). The van der Waals surface area contributed by atoms with Crippen molar-refractivity contribution in [3.8, 4) is 0 Å². The zero-order valence-electron chi connectivity index (χ0n) is 12.9. The van der Waals surface area contributed by atoms with Gasteiger partial charge in [0.25, 0.3) is 0 Å². The van der Waals surface area contributed by atoms with Crippen LogP contribution in [0.25, 0.3) is 0 Å². The number of halogens is 1. The highest BCUT2D eigenvalue weighted by molar-refractivity contribution is 9.10. The van der Waals surface area contributed by atoms with Crippen molar-refractivity contribution in [2.75, 3.05) is 6.54 Å². The summed E-state index contributed by atoms with van der Waals surface area (Å²) in [6.45, 7) is 7.86. The fourth-order valence-electron chi connectivity index (χ4n) is 2.60. The van der Waals surface area contributed by atoms with Crippen LogP contribution in [0.15, 0.2) is 22.7 Å². The van der Waals surface area contributed by atoms with Gasteiger partial charge in [0.05, 0.1) is 18.7 Å². The lowest BCUT2D eigenvalue weighted by atomic mass is 9.99. The molecule has 5 heteroatoms. The van der Waals surface area contributed by atoms with E-state index in [0.29, 0.717) is 13.0 Å². The number of aryl methyl sites for hydroxylation is 1. The molecular formula is C16H22BrNO3. The van der Waals surface area contributed by atoms with E-state index >= 15 is 0 Å². The van der Waals surface area contributed by atoms with Crippen LogP contribution in [-0.4, -0.2) is 34.3 Å². The monoisotopic (exact) mass is 355 g/mol. The molecule has 1 aromatic carbocycles. The number of rotatable bonds is 1. The standard InChI is InChI=1S/C16H22BrNO3/c1-10-5-6-11(17)7-13(10)14-8-12(19)9-18(14)15(20)21-16(2,3)4/h5-7,12,14,19H,8-9H2,1-4H3. The minimum absolute atomic E-state index is 0.146. The van der Waals surface area contributed by atoms with Gasteiger partial charge in [0, 0.05) is 4.47 Å². The number of aliphatic hydroxyl groups is 1. The summed E-state index contributed by atoms with van der Waals surface area (Å²) in [5.74, 6) is 0. The molecule has 1 aliphatic heterocycles. The van der Waals surface area contributed by atoms with Crippen molar-refractivity contribution in [1.29, 1.82) is 0 Å². The highest BCUT2D eigenvalue weighted by Crippen LogP contribution is 2.36. The summed E-state index contributed by atoms with van der Waals surface area (Å²) in [6.07, 6.45) is -0.347. The van der Waals surface area contributed by atoms with Gasteiger partial charge in [-0.1, -0.05) is 22.0 Å². The van der Waals surface area contributed by atoms with Gasteiger partial charge < -0.3 is 9.84 Å². The lowest BCUT2D eigenvalue weighted by Crippen LogP contribution is -2.37. The van der Waals surface area contributed by atoms with E-state index in [-0.39, 0.29) is 12.1 Å². The van der Waals surface area contributed by atoms with E-state index in [2.05, 4.69) is 15.9 Å². The molecule has 116 valence electrons. The molecule has 2 unspecified atom stereocenters. The number of benzene rings is 1. The van der Waals surface area contributed by atoms with Gasteiger partial charge >= 0.3 is 6.09 Å². The van der Waals surface area contributed by atoms with Crippen molar-refractivity contribution >= 4 is 22.0 Å². The number of nitrogens with zero attached hydrogens (tertiary/aromatic N) is 1. The fourth-order valence-corrected chi connectivity index (χ4v) is 2.98. The molecule has 1 N–H and O–H groups in total. The topological polar surface area (TPSA) is 49.8 Å². The van der Waals surface area contributed by atoms with Gasteiger partial charge in [-0.3, -0.25) is 4.90 Å². The molecule has 0 spiro atoms. The zero-order valence-corrected chi connectivity index (χ0v) is 14.5. The molecule has 1 aliphatic rings. The third-order valence-electron chi connectivity index (χ3n) is 3.51. The molecule has 1 amide bonds. The first kappa shape index (κ1) is 16.3. The molecule has 2 atom stereocenters. The number of carbonyl (C=O) groups excluding carboxylic acids is 1. The van der Waals surface area contributed by atoms with Gasteiger partial charge in [-0.15, -0.1) is 0 Å². The van der Waals surface area contributed by atoms with Crippen molar-refractivity contribution in [2.45, 2.75) is 51.9 Å². The SMILES string of the molecule is Cc1ccc(Br)cc1C1CC(O)CN1C(=O)OC(C)(C)C. The molecule has 0 aromatic heterocycles. The van der Waals surface area contributed by atoms with Crippen LogP contribution < -0.4 is 0 Å². The van der Waals surface area contributed by atoms with E-state index in [1.807, 2.05) is 45.9 Å². The molecule has 21 heavy (non-hydrogen) atoms. The molecule has 1 saturated heterocycles. The van der Waals surface area contributed by atoms with Crippen molar-refractivity contribution in [2.24, 2.45) is 0 Å². The minimum atomic E-state index is -0.540. The molecular weight excluding hydrogens is 334 g/mol. The van der Waals surface area contributed by atoms with Gasteiger partial charge in [-0.05, 0) is 57.4 Å². The Morgan fingerprint density at radius 2 is 2.10 bits per heavy atom. The Bertz CT molecular complexity index is 539. The summed E-state index contributed by atoms with van der Waals surface area (Å²) in [4.78, 5) is 14.0. The maximum Gasteiger partial charge on any atom is 0.410 e. The maximum absolute atomic E-state index is 12.4. The molecule has 4 nitrogen and oxygen atoms in total. The number of ether oxygens (including phenoxy) is 1. The van der Waals surface area contributed by atoms with Crippen molar-refractivity contribution in [3.05, 3.63) is 33.8 Å². The zero-order chi connectivity index (χ0) is 15.8. The van der Waals surface area contributed by atoms with Gasteiger partial charge in [-0.25, -0.2) is 4.79 Å². The third kappa shape index (κ3) is 3.98. The van der Waals surface area contributed by atoms with Gasteiger partial charge in [0.1, 0.15) is 5.60 Å². The highest BCUT2D eigenvalue weighted by Gasteiger charge is 2.38. The molecule has 0 saturated carbocycles. The summed E-state index contributed by atoms with van der Waals surface area (Å²) in [6, 6.07) is 5.85. The summed E-state index contributed by atoms with van der Waals surface area (Å²) in [5, 5.41) is 9.98. The average molecular weight is 356 g/mol. The summed E-state index contributed by atoms with van der Waals surface area (Å²) < 4.78 is 6.42. The summed E-state index contributed by atoms with van der Waals surface area (Å²) in [7, 11) is 0. The van der Waals surface area contributed by atoms with Crippen molar-refractivity contribution in [3.63, 3.8) is 0 Å². The van der Waals surface area contributed by atoms with Crippen LogP contribution in [0, 0.1) is 6.92 Å². The fraction of sp³-hybridized carbons (Fsp3) is 0.562. The number of hydrogen-bond acceptors (Lipinski definition) is 3. The molecule has 1 heterocycles. The second kappa shape index (κ2) is 5.97. The number of likely N-dealkylation sites (tertiary alicyclic amines) is 1. The third-order valence-corrected chi connectivity index (χ3v) is 4.00. The normalized spacial score (nSPS) is 22.5. The predicted molar refractivity (Wildman–Crippen MR) is 85.2 cm³/mol. The number of carbonyl (C=O) groups is 1. The van der Waals surface area contributed by atoms with E-state index in [9.17, 15) is 9.90 Å². The van der Waals surface area contributed by atoms with Crippen LogP contribution in [0.5, 0.6) is 0 Å². The largest absolute Gasteiger partial charge is 0.444 e. The van der Waals surface area contributed by atoms with Crippen LogP contribution in [0.1, 0.15) is 44.4 Å². The van der Waals surface area contributed by atoms with Crippen LogP contribution in [0.3, 0.4) is 0 Å². The second-order valence-electron chi connectivity index (χ2n) is 6.54. The van der Waals surface area contributed by atoms with Crippen LogP contribution in [0.2, 0.25) is 0 Å². The van der Waals surface area contributed by atoms with Gasteiger partial charge in [-0.2, -0.15) is 0 Å². The molecule has 0 bridgehead atoms. The first-order chi connectivity index (χ1) is 9.67. The Morgan fingerprint density at radius 1 is 1.43 bits per heavy atom. The van der Waals surface area contributed by atoms with E-state index in [4.69, 9.17) is 4.74 Å². The molecule has 0 aliphatic carbocycles. The van der Waals surface area contributed by atoms with Gasteiger partial charge in [0.15, 0.2) is 0 Å². The van der Waals surface area contributed by atoms with Crippen LogP contribution in [-0.2, 0) is 4.74 Å². The Kier molecular flexibility index (Phi) is 4.63. The van der Waals surface area contributed by atoms with Gasteiger partial charge in [0.2, 0.25) is 0 Å². The second-order valence-corrected chi connectivity index (χ2v) is 7.45. The predicted octanol–water partition coefficient (Wildman–Crippen LogP) is 3.80. The quantitative estimate of drug-likeness (QED) is 0.833. The Morgan fingerprint density at radius 3 is 2.71 bits per heavy atom. The van der Waals surface area contributed by atoms with Crippen LogP contribution in [0.4, 0.5) is 4.79 Å². The van der Waals surface area contributed by atoms with Crippen molar-refractivity contribution in [1.82, 2.24) is 4.90 Å². The van der Waals surface area contributed by atoms with E-state index in [1.165, 1.54) is 0 Å². The number of hydrogen-bond donors (Lipinski definition) is 1. The molecule has 1 fully saturated rings. The number of β-amino-alcohol motifs (C(OH)–C–C–N with tert-alkyl or cyclic N) is 1. The Hall–Kier alpha value is -1.07. The molecule has 1 aromatic rings. The van der Waals surface area contributed by atoms with Crippen molar-refractivity contribution < 1.29 is 14.6 Å². The maximum atomic E-state index is 12.4. The highest BCUT2D eigenvalue weighted by atomic mass is 79.9. The lowest BCUT2D eigenvalue weighted by Gasteiger charge is -2.29. The minimum Gasteiger partial charge on any atom is -0.444 e. The first-order valence-corrected chi connectivity index (χ1v) is 7.90. The Balaban J connectivity index is 2.28. The number of amides is 1. The smallest absolute Gasteiger partial charge is 0.410 e. The van der Waals surface area contributed by atoms with Crippen LogP contribution >= 0.6 is 15.9 Å². The first-order valence-electron chi connectivity index (χ1n) is 7.11. The summed E-state index contributed by atoms with van der Waals surface area (Å²) in [5.41, 5.74) is 1.61. The molecule has 0 radical (unpaired) electrons. The average Bonchev–Trinajstić information content (AvgIpc) is 2.72. The van der Waals surface area contributed by atoms with E-state index in [0.717, 1.165) is 15.6 Å². The summed E-state index contributed by atoms with van der Waals surface area (Å²) >= 11 is 3.47. The number of aliphatic hydroxyl groups excluding tert-OH is 1. The van der Waals surface area contributed by atoms with E-state index < -0.39 is 11.7 Å².